The van der Waals surface area contributed by atoms with Crippen molar-refractivity contribution in [3.8, 4) is 21.8 Å². The van der Waals surface area contributed by atoms with E-state index in [-0.39, 0.29) is 43.8 Å². The van der Waals surface area contributed by atoms with Crippen LogP contribution < -0.4 is 10.8 Å². The quantitative estimate of drug-likeness (QED) is 0.354. The van der Waals surface area contributed by atoms with Crippen molar-refractivity contribution in [3.63, 3.8) is 0 Å². The van der Waals surface area contributed by atoms with E-state index in [0.29, 0.717) is 23.7 Å². The number of sulfone groups is 1. The lowest BCUT2D eigenvalue weighted by Crippen LogP contribution is -2.44. The molecule has 0 saturated carbocycles. The van der Waals surface area contributed by atoms with Crippen molar-refractivity contribution in [2.45, 2.75) is 63.0 Å². The zero-order valence-electron chi connectivity index (χ0n) is 23.7. The molecule has 2 fully saturated rings. The summed E-state index contributed by atoms with van der Waals surface area (Å²) in [4.78, 5) is 38.4. The Bertz CT molecular complexity index is 1470. The zero-order chi connectivity index (χ0) is 29.7. The van der Waals surface area contributed by atoms with Crippen LogP contribution in [-0.4, -0.2) is 68.0 Å². The molecular weight excluding hydrogens is 580 g/mol. The first kappa shape index (κ1) is 30.2. The standard InChI is InChI=1S/C29H36N4O7S2/c1-20(2)31-28(35)33-13-12-29(42(36,37)16-14-33,17-26(34)32-40-27-5-3-4-15-38-27)25-11-10-24(41-25)22-8-6-21(7-9-22)23-18-30-19-39-23/h6-11,18-20,27H,3-5,12-17H2,1-2H3,(H,31,35)(H,32,34). The van der Waals surface area contributed by atoms with Crippen molar-refractivity contribution in [1.29, 1.82) is 0 Å². The smallest absolute Gasteiger partial charge is 0.317 e. The first-order valence-corrected chi connectivity index (χ1v) is 16.6. The molecule has 2 aliphatic heterocycles. The Morgan fingerprint density at radius 1 is 1.14 bits per heavy atom. The molecule has 3 amide bonds. The molecule has 2 atom stereocenters. The summed E-state index contributed by atoms with van der Waals surface area (Å²) in [6.45, 7) is 4.46. The lowest BCUT2D eigenvalue weighted by atomic mass is 9.97. The van der Waals surface area contributed by atoms with Gasteiger partial charge >= 0.3 is 6.03 Å². The van der Waals surface area contributed by atoms with Gasteiger partial charge in [-0.1, -0.05) is 24.3 Å². The Labute approximate surface area is 249 Å². The van der Waals surface area contributed by atoms with Crippen LogP contribution in [0.2, 0.25) is 0 Å². The van der Waals surface area contributed by atoms with Crippen LogP contribution in [0.25, 0.3) is 21.8 Å². The number of benzene rings is 1. The number of amides is 3. The van der Waals surface area contributed by atoms with Crippen LogP contribution in [0, 0.1) is 0 Å². The third-order valence-electron chi connectivity index (χ3n) is 7.54. The summed E-state index contributed by atoms with van der Waals surface area (Å²) in [6, 6.07) is 10.9. The van der Waals surface area contributed by atoms with Crippen molar-refractivity contribution in [2.24, 2.45) is 0 Å². The van der Waals surface area contributed by atoms with Gasteiger partial charge in [-0.05, 0) is 50.8 Å². The molecule has 0 spiro atoms. The van der Waals surface area contributed by atoms with E-state index in [2.05, 4.69) is 15.8 Å². The second kappa shape index (κ2) is 12.9. The summed E-state index contributed by atoms with van der Waals surface area (Å²) in [5.41, 5.74) is 4.21. The van der Waals surface area contributed by atoms with Crippen LogP contribution in [0.4, 0.5) is 4.79 Å². The van der Waals surface area contributed by atoms with Crippen LogP contribution in [0.3, 0.4) is 0 Å². The van der Waals surface area contributed by atoms with Crippen LogP contribution in [-0.2, 0) is 29.0 Å². The number of thiophene rings is 1. The molecule has 226 valence electrons. The fourth-order valence-electron chi connectivity index (χ4n) is 5.24. The predicted molar refractivity (Wildman–Crippen MR) is 158 cm³/mol. The third kappa shape index (κ3) is 6.69. The van der Waals surface area contributed by atoms with Gasteiger partial charge in [-0.2, -0.15) is 0 Å². The molecule has 13 heteroatoms. The summed E-state index contributed by atoms with van der Waals surface area (Å²) in [7, 11) is -3.89. The molecule has 0 radical (unpaired) electrons. The van der Waals surface area contributed by atoms with Gasteiger partial charge in [-0.3, -0.25) is 4.79 Å². The number of urea groups is 1. The highest BCUT2D eigenvalue weighted by molar-refractivity contribution is 7.92. The fourth-order valence-corrected chi connectivity index (χ4v) is 8.85. The lowest BCUT2D eigenvalue weighted by Gasteiger charge is -2.31. The molecule has 4 heterocycles. The van der Waals surface area contributed by atoms with Gasteiger partial charge in [0.25, 0.3) is 0 Å². The molecule has 2 aromatic heterocycles. The SMILES string of the molecule is CC(C)NC(=O)N1CCC(CC(=O)NOC2CCCCO2)(c2ccc(-c3ccc(-c4cnco4)cc3)s2)S(=O)(=O)CC1. The number of hydrogen-bond donors (Lipinski definition) is 2. The third-order valence-corrected chi connectivity index (χ3v) is 11.5. The van der Waals surface area contributed by atoms with Crippen LogP contribution in [0.15, 0.2) is 53.4 Å². The maximum absolute atomic E-state index is 14.1. The predicted octanol–water partition coefficient (Wildman–Crippen LogP) is 4.47. The second-order valence-corrected chi connectivity index (χ2v) is 14.4. The van der Waals surface area contributed by atoms with Gasteiger partial charge in [0, 0.05) is 47.5 Å². The van der Waals surface area contributed by atoms with E-state index >= 15 is 0 Å². The lowest BCUT2D eigenvalue weighted by molar-refractivity contribution is -0.200. The van der Waals surface area contributed by atoms with Crippen LogP contribution in [0.1, 0.15) is 50.8 Å². The number of hydroxylamine groups is 1. The molecule has 1 aromatic carbocycles. The number of hydrogen-bond acceptors (Lipinski definition) is 9. The second-order valence-electron chi connectivity index (χ2n) is 10.9. The number of oxazole rings is 1. The molecular formula is C29H36N4O7S2. The number of aromatic nitrogens is 1. The van der Waals surface area contributed by atoms with E-state index in [1.165, 1.54) is 22.6 Å². The summed E-state index contributed by atoms with van der Waals surface area (Å²) < 4.78 is 37.5. The molecule has 42 heavy (non-hydrogen) atoms. The number of carbonyl (C=O) groups is 2. The molecule has 3 aromatic rings. The minimum absolute atomic E-state index is 0.0397. The molecule has 2 N–H and O–H groups in total. The minimum atomic E-state index is -3.89. The maximum atomic E-state index is 14.1. The number of rotatable bonds is 8. The number of nitrogens with zero attached hydrogens (tertiary/aromatic N) is 2. The fraction of sp³-hybridized carbons (Fsp3) is 0.483. The highest BCUT2D eigenvalue weighted by Crippen LogP contribution is 2.45. The monoisotopic (exact) mass is 616 g/mol. The molecule has 0 aliphatic carbocycles. The first-order valence-electron chi connectivity index (χ1n) is 14.1. The minimum Gasteiger partial charge on any atom is -0.444 e. The van der Waals surface area contributed by atoms with Gasteiger partial charge in [0.1, 0.15) is 4.75 Å². The van der Waals surface area contributed by atoms with Crippen molar-refractivity contribution in [2.75, 3.05) is 25.4 Å². The number of nitrogens with one attached hydrogen (secondary N) is 2. The van der Waals surface area contributed by atoms with Crippen LogP contribution in [0.5, 0.6) is 0 Å². The van der Waals surface area contributed by atoms with Crippen molar-refractivity contribution >= 4 is 33.1 Å². The van der Waals surface area contributed by atoms with E-state index < -0.39 is 26.8 Å². The highest BCUT2D eigenvalue weighted by Gasteiger charge is 2.50. The van der Waals surface area contributed by atoms with E-state index in [1.807, 2.05) is 44.2 Å². The number of ether oxygens (including phenoxy) is 1. The number of carbonyl (C=O) groups excluding carboxylic acids is 2. The highest BCUT2D eigenvalue weighted by atomic mass is 32.2. The normalized spacial score (nSPS) is 22.5. The largest absolute Gasteiger partial charge is 0.444 e. The first-order chi connectivity index (χ1) is 20.2. The van der Waals surface area contributed by atoms with Crippen molar-refractivity contribution in [1.82, 2.24) is 20.7 Å². The van der Waals surface area contributed by atoms with E-state index in [0.717, 1.165) is 28.8 Å². The molecule has 11 nitrogen and oxygen atoms in total. The molecule has 2 aliphatic rings. The Morgan fingerprint density at radius 2 is 1.93 bits per heavy atom. The van der Waals surface area contributed by atoms with Gasteiger partial charge in [0.05, 0.1) is 18.4 Å². The zero-order valence-corrected chi connectivity index (χ0v) is 25.3. The van der Waals surface area contributed by atoms with Crippen LogP contribution >= 0.6 is 11.3 Å². The molecule has 2 unspecified atom stereocenters. The van der Waals surface area contributed by atoms with Gasteiger partial charge in [-0.25, -0.2) is 28.5 Å². The van der Waals surface area contributed by atoms with Crippen molar-refractivity contribution in [3.05, 3.63) is 53.9 Å². The van der Waals surface area contributed by atoms with E-state index in [4.69, 9.17) is 14.0 Å². The molecule has 2 saturated heterocycles. The van der Waals surface area contributed by atoms with Crippen molar-refractivity contribution < 1.29 is 32.0 Å². The van der Waals surface area contributed by atoms with Gasteiger partial charge in [0.15, 0.2) is 28.3 Å². The molecule has 5 rings (SSSR count). The Kier molecular flexibility index (Phi) is 9.31. The van der Waals surface area contributed by atoms with Gasteiger partial charge in [-0.15, -0.1) is 11.3 Å². The Balaban J connectivity index is 1.43. The Hall–Kier alpha value is -3.26. The summed E-state index contributed by atoms with van der Waals surface area (Å²) >= 11 is 1.34. The maximum Gasteiger partial charge on any atom is 0.317 e. The molecule has 0 bridgehead atoms. The van der Waals surface area contributed by atoms with Gasteiger partial charge in [0.2, 0.25) is 5.91 Å². The topological polar surface area (TPSA) is 140 Å². The average molecular weight is 617 g/mol. The average Bonchev–Trinajstić information content (AvgIpc) is 3.67. The van der Waals surface area contributed by atoms with E-state index in [1.54, 1.807) is 12.3 Å². The Morgan fingerprint density at radius 3 is 2.62 bits per heavy atom. The van der Waals surface area contributed by atoms with E-state index in [9.17, 15) is 18.0 Å². The summed E-state index contributed by atoms with van der Waals surface area (Å²) in [5.74, 6) is -0.175. The van der Waals surface area contributed by atoms with Gasteiger partial charge < -0.3 is 19.4 Å². The summed E-state index contributed by atoms with van der Waals surface area (Å²) in [5, 5.41) is 2.84. The summed E-state index contributed by atoms with van der Waals surface area (Å²) in [6.07, 6.45) is 4.67.